The molecule has 4 nitrogen and oxygen atoms in total. The lowest BCUT2D eigenvalue weighted by Gasteiger charge is -2.19. The fourth-order valence-corrected chi connectivity index (χ4v) is 2.32. The fraction of sp³-hybridized carbons (Fsp3) is 0.333. The number of nitrogens with two attached hydrogens (primary N) is 1. The Morgan fingerprint density at radius 1 is 1.26 bits per heavy atom. The second-order valence-electron chi connectivity index (χ2n) is 4.60. The molecule has 19 heavy (non-hydrogen) atoms. The highest BCUT2D eigenvalue weighted by molar-refractivity contribution is 5.45. The average molecular weight is 257 g/mol. The van der Waals surface area contributed by atoms with E-state index in [4.69, 9.17) is 10.5 Å². The quantitative estimate of drug-likeness (QED) is 0.912. The van der Waals surface area contributed by atoms with Gasteiger partial charge in [0.15, 0.2) is 0 Å². The van der Waals surface area contributed by atoms with E-state index in [1.807, 2.05) is 13.0 Å². The van der Waals surface area contributed by atoms with Gasteiger partial charge in [0.2, 0.25) is 0 Å². The van der Waals surface area contributed by atoms with Crippen LogP contribution in [0.25, 0.3) is 0 Å². The minimum Gasteiger partial charge on any atom is -0.496 e. The first-order valence-electron chi connectivity index (χ1n) is 6.28. The van der Waals surface area contributed by atoms with Gasteiger partial charge in [-0.15, -0.1) is 0 Å². The van der Waals surface area contributed by atoms with Crippen LogP contribution in [-0.2, 0) is 0 Å². The average Bonchev–Trinajstić information content (AvgIpc) is 2.44. The van der Waals surface area contributed by atoms with E-state index in [1.165, 1.54) is 5.56 Å². The van der Waals surface area contributed by atoms with Crippen LogP contribution in [-0.4, -0.2) is 23.6 Å². The zero-order valence-electron chi connectivity index (χ0n) is 11.6. The first-order valence-corrected chi connectivity index (χ1v) is 6.28. The highest BCUT2D eigenvalue weighted by Crippen LogP contribution is 2.30. The molecular formula is C15H19N3O. The topological polar surface area (TPSA) is 61.0 Å². The minimum absolute atomic E-state index is 0.0904. The Bertz CT molecular complexity index is 555. The molecule has 2 N–H and O–H groups in total. The van der Waals surface area contributed by atoms with Crippen molar-refractivity contribution in [2.45, 2.75) is 19.8 Å². The number of benzene rings is 1. The van der Waals surface area contributed by atoms with Gasteiger partial charge in [-0.3, -0.25) is 0 Å². The van der Waals surface area contributed by atoms with Crippen LogP contribution in [0.2, 0.25) is 0 Å². The van der Waals surface area contributed by atoms with E-state index in [0.29, 0.717) is 6.54 Å². The Morgan fingerprint density at radius 3 is 2.63 bits per heavy atom. The smallest absolute Gasteiger partial charge is 0.122 e. The zero-order chi connectivity index (χ0) is 13.8. The van der Waals surface area contributed by atoms with E-state index in [1.54, 1.807) is 19.6 Å². The highest BCUT2D eigenvalue weighted by Gasteiger charge is 2.17. The molecule has 1 unspecified atom stereocenters. The van der Waals surface area contributed by atoms with Gasteiger partial charge in [0, 0.05) is 18.7 Å². The largest absolute Gasteiger partial charge is 0.496 e. The molecule has 1 aromatic carbocycles. The fourth-order valence-electron chi connectivity index (χ4n) is 2.32. The van der Waals surface area contributed by atoms with Gasteiger partial charge in [-0.2, -0.15) is 0 Å². The standard InChI is InChI=1S/C15H19N3O/c1-10-7-15(19-3)11(2)6-12(10)13(8-16)14-4-5-17-9-18-14/h4-7,9,13H,8,16H2,1-3H3. The van der Waals surface area contributed by atoms with E-state index in [0.717, 1.165) is 22.6 Å². The van der Waals surface area contributed by atoms with E-state index in [2.05, 4.69) is 29.0 Å². The van der Waals surface area contributed by atoms with Crippen LogP contribution < -0.4 is 10.5 Å². The van der Waals surface area contributed by atoms with Crippen LogP contribution in [0, 0.1) is 13.8 Å². The molecule has 0 fully saturated rings. The summed E-state index contributed by atoms with van der Waals surface area (Å²) in [6, 6.07) is 6.10. The van der Waals surface area contributed by atoms with E-state index < -0.39 is 0 Å². The molecule has 0 bridgehead atoms. The normalized spacial score (nSPS) is 12.2. The van der Waals surface area contributed by atoms with Crippen LogP contribution in [0.4, 0.5) is 0 Å². The van der Waals surface area contributed by atoms with Crippen LogP contribution in [0.3, 0.4) is 0 Å². The molecule has 0 saturated heterocycles. The van der Waals surface area contributed by atoms with Crippen molar-refractivity contribution < 1.29 is 4.74 Å². The predicted molar refractivity (Wildman–Crippen MR) is 75.4 cm³/mol. The lowest BCUT2D eigenvalue weighted by Crippen LogP contribution is -2.16. The Hall–Kier alpha value is -1.94. The molecule has 0 aliphatic carbocycles. The Labute approximate surface area is 113 Å². The minimum atomic E-state index is 0.0904. The summed E-state index contributed by atoms with van der Waals surface area (Å²) in [5.41, 5.74) is 10.3. The van der Waals surface area contributed by atoms with E-state index in [-0.39, 0.29) is 5.92 Å². The Kier molecular flexibility index (Phi) is 4.12. The molecule has 2 aromatic rings. The number of nitrogens with zero attached hydrogens (tertiary/aromatic N) is 2. The second-order valence-corrected chi connectivity index (χ2v) is 4.60. The predicted octanol–water partition coefficient (Wildman–Crippen LogP) is 2.19. The van der Waals surface area contributed by atoms with Crippen molar-refractivity contribution in [3.8, 4) is 5.75 Å². The van der Waals surface area contributed by atoms with Gasteiger partial charge in [0.1, 0.15) is 12.1 Å². The summed E-state index contributed by atoms with van der Waals surface area (Å²) in [4.78, 5) is 8.27. The molecule has 0 amide bonds. The summed E-state index contributed by atoms with van der Waals surface area (Å²) in [5, 5.41) is 0. The molecule has 2 rings (SSSR count). The van der Waals surface area contributed by atoms with Gasteiger partial charge in [-0.05, 0) is 42.7 Å². The molecular weight excluding hydrogens is 238 g/mol. The SMILES string of the molecule is COc1cc(C)c(C(CN)c2ccncn2)cc1C. The van der Waals surface area contributed by atoms with Crippen molar-refractivity contribution in [1.82, 2.24) is 9.97 Å². The lowest BCUT2D eigenvalue weighted by atomic mass is 9.90. The molecule has 1 heterocycles. The summed E-state index contributed by atoms with van der Waals surface area (Å²) in [5.74, 6) is 0.993. The summed E-state index contributed by atoms with van der Waals surface area (Å²) < 4.78 is 5.34. The number of methoxy groups -OCH3 is 1. The van der Waals surface area contributed by atoms with Gasteiger partial charge in [0.25, 0.3) is 0 Å². The molecule has 4 heteroatoms. The van der Waals surface area contributed by atoms with Crippen molar-refractivity contribution >= 4 is 0 Å². The molecule has 0 aliphatic heterocycles. The number of aryl methyl sites for hydroxylation is 2. The first-order chi connectivity index (χ1) is 9.17. The maximum atomic E-state index is 5.93. The maximum absolute atomic E-state index is 5.93. The van der Waals surface area contributed by atoms with Crippen LogP contribution in [0.5, 0.6) is 5.75 Å². The van der Waals surface area contributed by atoms with E-state index in [9.17, 15) is 0 Å². The monoisotopic (exact) mass is 257 g/mol. The maximum Gasteiger partial charge on any atom is 0.122 e. The van der Waals surface area contributed by atoms with Gasteiger partial charge in [-0.25, -0.2) is 9.97 Å². The zero-order valence-corrected chi connectivity index (χ0v) is 11.6. The van der Waals surface area contributed by atoms with Gasteiger partial charge < -0.3 is 10.5 Å². The summed E-state index contributed by atoms with van der Waals surface area (Å²) >= 11 is 0. The van der Waals surface area contributed by atoms with Crippen molar-refractivity contribution in [2.24, 2.45) is 5.73 Å². The number of ether oxygens (including phenoxy) is 1. The van der Waals surface area contributed by atoms with Crippen molar-refractivity contribution in [3.63, 3.8) is 0 Å². The van der Waals surface area contributed by atoms with Crippen molar-refractivity contribution in [3.05, 3.63) is 53.1 Å². The first kappa shape index (κ1) is 13.5. The third-order valence-corrected chi connectivity index (χ3v) is 3.36. The second kappa shape index (κ2) is 5.80. The van der Waals surface area contributed by atoms with Crippen LogP contribution >= 0.6 is 0 Å². The van der Waals surface area contributed by atoms with Gasteiger partial charge >= 0.3 is 0 Å². The Morgan fingerprint density at radius 2 is 2.05 bits per heavy atom. The Balaban J connectivity index is 2.47. The highest BCUT2D eigenvalue weighted by atomic mass is 16.5. The molecule has 0 aliphatic rings. The third kappa shape index (κ3) is 2.74. The molecule has 1 atom stereocenters. The van der Waals surface area contributed by atoms with Crippen LogP contribution in [0.1, 0.15) is 28.3 Å². The molecule has 0 radical (unpaired) electrons. The number of hydrogen-bond donors (Lipinski definition) is 1. The molecule has 1 aromatic heterocycles. The summed E-state index contributed by atoms with van der Waals surface area (Å²) in [6.45, 7) is 4.63. The molecule has 0 spiro atoms. The van der Waals surface area contributed by atoms with Gasteiger partial charge in [0.05, 0.1) is 12.8 Å². The number of rotatable bonds is 4. The summed E-state index contributed by atoms with van der Waals surface area (Å²) in [7, 11) is 1.69. The van der Waals surface area contributed by atoms with Crippen molar-refractivity contribution in [2.75, 3.05) is 13.7 Å². The van der Waals surface area contributed by atoms with Crippen molar-refractivity contribution in [1.29, 1.82) is 0 Å². The number of aromatic nitrogens is 2. The van der Waals surface area contributed by atoms with Gasteiger partial charge in [-0.1, -0.05) is 6.07 Å². The van der Waals surface area contributed by atoms with E-state index >= 15 is 0 Å². The third-order valence-electron chi connectivity index (χ3n) is 3.36. The lowest BCUT2D eigenvalue weighted by molar-refractivity contribution is 0.411. The number of hydrogen-bond acceptors (Lipinski definition) is 4. The van der Waals surface area contributed by atoms with Crippen LogP contribution in [0.15, 0.2) is 30.7 Å². The summed E-state index contributed by atoms with van der Waals surface area (Å²) in [6.07, 6.45) is 3.31. The molecule has 100 valence electrons. The molecule has 0 saturated carbocycles.